The second kappa shape index (κ2) is 20.3. The highest BCUT2D eigenvalue weighted by atomic mass is 28.4. The van der Waals surface area contributed by atoms with E-state index < -0.39 is 55.4 Å². The molecular formula is C35H64O7Si2. The van der Waals surface area contributed by atoms with Crippen molar-refractivity contribution in [3.05, 3.63) is 70.8 Å². The van der Waals surface area contributed by atoms with Gasteiger partial charge in [0.25, 0.3) is 0 Å². The van der Waals surface area contributed by atoms with E-state index in [4.69, 9.17) is 32.0 Å². The summed E-state index contributed by atoms with van der Waals surface area (Å²) in [6.07, 6.45) is 0. The van der Waals surface area contributed by atoms with Gasteiger partial charge in [0.15, 0.2) is 16.6 Å². The van der Waals surface area contributed by atoms with E-state index in [0.29, 0.717) is 16.7 Å². The number of aliphatic hydroxyl groups is 1. The first kappa shape index (κ1) is 28.4. The Morgan fingerprint density at radius 3 is 1.34 bits per heavy atom. The molecular weight excluding hydrogens is 589 g/mol. The number of hydrogen-bond acceptors (Lipinski definition) is 7. The summed E-state index contributed by atoms with van der Waals surface area (Å²) < 4.78 is 105. The molecule has 7 nitrogen and oxygen atoms in total. The molecule has 0 heterocycles. The average molecular weight is 663 g/mol. The van der Waals surface area contributed by atoms with Crippen molar-refractivity contribution in [2.45, 2.75) is 112 Å². The summed E-state index contributed by atoms with van der Waals surface area (Å²) in [4.78, 5) is 11.4. The standard InChI is InChI=1S/C17H28O4Si.C16H28O3Si.2CH4/c1-17(2,3)22(5,6)21-12-11-20-13-14-7-9-15(10-8-14)16(18)19-4;1-16(2,3)20(4,5)19-11-10-18-13-15-8-6-14(12-17)7-9-15;;/h7-10H,11-13H2,1-6H3;6-9,17H,10-13H2,1-5H3;2*1H4/i11D2,12D2;10D2,11D2,12D2;;. The highest BCUT2D eigenvalue weighted by molar-refractivity contribution is 6.74. The number of rotatable bonds is 14. The predicted octanol–water partition coefficient (Wildman–Crippen LogP) is 9.00. The van der Waals surface area contributed by atoms with Gasteiger partial charge in [-0.2, -0.15) is 0 Å². The number of carbonyl (C=O) groups is 1. The lowest BCUT2D eigenvalue weighted by Gasteiger charge is -2.36. The van der Waals surface area contributed by atoms with Crippen LogP contribution in [0, 0.1) is 0 Å². The second-order valence-corrected chi connectivity index (χ2v) is 22.2. The smallest absolute Gasteiger partial charge is 0.337 e. The quantitative estimate of drug-likeness (QED) is 0.160. The zero-order valence-corrected chi connectivity index (χ0v) is 28.9. The SMILES string of the molecule is C.C.[2H]C([2H])(O)c1ccc(COC([2H])([2H])C([2H])([2H])O[Si](C)(C)C(C)(C)C)cc1.[2H]C([2H])(OCc1ccc(C(=O)OC)cc1)C([2H])([2H])O[Si](C)(C)C(C)(C)C. The van der Waals surface area contributed by atoms with Gasteiger partial charge in [-0.05, 0) is 65.1 Å². The Bertz CT molecular complexity index is 1450. The molecule has 9 heteroatoms. The van der Waals surface area contributed by atoms with Crippen LogP contribution in [0.5, 0.6) is 0 Å². The Morgan fingerprint density at radius 1 is 0.682 bits per heavy atom. The van der Waals surface area contributed by atoms with Crippen LogP contribution < -0.4 is 0 Å². The third-order valence-corrected chi connectivity index (χ3v) is 15.8. The summed E-state index contributed by atoms with van der Waals surface area (Å²) in [7, 11) is -3.79. The Morgan fingerprint density at radius 2 is 1.02 bits per heavy atom. The maximum atomic E-state index is 11.4. The first-order chi connectivity index (χ1) is 23.0. The van der Waals surface area contributed by atoms with Crippen molar-refractivity contribution in [3.63, 3.8) is 0 Å². The van der Waals surface area contributed by atoms with Crippen molar-refractivity contribution in [2.75, 3.05) is 33.3 Å². The fourth-order valence-corrected chi connectivity index (χ4v) is 3.64. The molecule has 0 atom stereocenters. The number of ether oxygens (including phenoxy) is 3. The summed E-state index contributed by atoms with van der Waals surface area (Å²) in [5.74, 6) is -0.466. The average Bonchev–Trinajstić information content (AvgIpc) is 2.96. The maximum absolute atomic E-state index is 11.4. The zero-order chi connectivity index (χ0) is 41.0. The molecule has 0 aliphatic heterocycles. The number of carbonyl (C=O) groups excluding carboxylic acids is 1. The molecule has 0 saturated carbocycles. The van der Waals surface area contributed by atoms with Gasteiger partial charge in [0.2, 0.25) is 0 Å². The lowest BCUT2D eigenvalue weighted by Crippen LogP contribution is -2.41. The topological polar surface area (TPSA) is 83.5 Å². The summed E-state index contributed by atoms with van der Waals surface area (Å²) in [5.41, 5.74) is 1.56. The lowest BCUT2D eigenvalue weighted by molar-refractivity contribution is 0.0600. The fraction of sp³-hybridized carbons (Fsp3) is 0.629. The highest BCUT2D eigenvalue weighted by Gasteiger charge is 2.37. The van der Waals surface area contributed by atoms with Gasteiger partial charge in [-0.1, -0.05) is 92.8 Å². The predicted molar refractivity (Wildman–Crippen MR) is 189 cm³/mol. The highest BCUT2D eigenvalue weighted by Crippen LogP contribution is 2.37. The number of esters is 1. The van der Waals surface area contributed by atoms with Gasteiger partial charge >= 0.3 is 5.97 Å². The van der Waals surface area contributed by atoms with E-state index in [2.05, 4.69) is 4.74 Å². The van der Waals surface area contributed by atoms with Crippen LogP contribution in [0.2, 0.25) is 36.3 Å². The van der Waals surface area contributed by atoms with Gasteiger partial charge in [-0.15, -0.1) is 0 Å². The molecule has 44 heavy (non-hydrogen) atoms. The van der Waals surface area contributed by atoms with E-state index in [1.165, 1.54) is 31.4 Å². The number of benzene rings is 2. The van der Waals surface area contributed by atoms with E-state index in [1.54, 1.807) is 24.3 Å². The molecule has 0 aliphatic carbocycles. The van der Waals surface area contributed by atoms with Crippen LogP contribution in [0.3, 0.4) is 0 Å². The zero-order valence-electron chi connectivity index (χ0n) is 36.9. The van der Waals surface area contributed by atoms with Crippen LogP contribution in [0.4, 0.5) is 0 Å². The fourth-order valence-electron chi connectivity index (χ4n) is 2.43. The van der Waals surface area contributed by atoms with Crippen molar-refractivity contribution in [3.8, 4) is 0 Å². The van der Waals surface area contributed by atoms with Crippen LogP contribution in [-0.2, 0) is 42.8 Å². The van der Waals surface area contributed by atoms with Crippen molar-refractivity contribution in [1.29, 1.82) is 0 Å². The third kappa shape index (κ3) is 15.9. The Hall–Kier alpha value is -1.86. The van der Waals surface area contributed by atoms with Crippen molar-refractivity contribution < 1.29 is 46.7 Å². The van der Waals surface area contributed by atoms with Crippen LogP contribution in [0.15, 0.2) is 48.5 Å². The maximum Gasteiger partial charge on any atom is 0.337 e. The first-order valence-corrected chi connectivity index (χ1v) is 19.5. The minimum Gasteiger partial charge on any atom is -0.465 e. The van der Waals surface area contributed by atoms with Gasteiger partial charge in [-0.25, -0.2) is 4.79 Å². The molecule has 2 aromatic rings. The molecule has 0 saturated heterocycles. The summed E-state index contributed by atoms with van der Waals surface area (Å²) in [5, 5.41) is 8.75. The molecule has 0 unspecified atom stereocenters. The normalized spacial score (nSPS) is 16.9. The van der Waals surface area contributed by atoms with E-state index in [-0.39, 0.29) is 43.7 Å². The molecule has 0 amide bonds. The Balaban J connectivity index is 0. The monoisotopic (exact) mass is 662 g/mol. The van der Waals surface area contributed by atoms with Gasteiger partial charge in [0.1, 0.15) is 0 Å². The molecule has 0 radical (unpaired) electrons. The third-order valence-electron chi connectivity index (χ3n) is 7.39. The molecule has 0 spiro atoms. The van der Waals surface area contributed by atoms with Crippen molar-refractivity contribution >= 4 is 22.6 Å². The Kier molecular flexibility index (Phi) is 13.1. The second-order valence-electron chi connectivity index (χ2n) is 12.7. The minimum atomic E-state index is -2.67. The molecule has 0 aliphatic rings. The molecule has 2 rings (SSSR count). The van der Waals surface area contributed by atoms with E-state index >= 15 is 0 Å². The van der Waals surface area contributed by atoms with Crippen molar-refractivity contribution in [2.24, 2.45) is 0 Å². The van der Waals surface area contributed by atoms with Gasteiger partial charge in [-0.3, -0.25) is 0 Å². The first-order valence-electron chi connectivity index (χ1n) is 18.7. The number of hydrogen-bond donors (Lipinski definition) is 1. The molecule has 0 fully saturated rings. The summed E-state index contributed by atoms with van der Waals surface area (Å²) in [6.45, 7) is 5.69. The lowest BCUT2D eigenvalue weighted by atomic mass is 10.1. The van der Waals surface area contributed by atoms with E-state index in [1.807, 2.05) is 67.7 Å². The van der Waals surface area contributed by atoms with Gasteiger partial charge < -0.3 is 28.2 Å². The Labute approximate surface area is 285 Å². The summed E-state index contributed by atoms with van der Waals surface area (Å²) in [6, 6.07) is 12.0. The van der Waals surface area contributed by atoms with Crippen LogP contribution in [0.1, 0.15) is 97.2 Å². The van der Waals surface area contributed by atoms with Gasteiger partial charge in [0, 0.05) is 0 Å². The number of methoxy groups -OCH3 is 1. The van der Waals surface area contributed by atoms with Crippen LogP contribution in [-0.4, -0.2) is 61.1 Å². The van der Waals surface area contributed by atoms with Crippen molar-refractivity contribution in [1.82, 2.24) is 0 Å². The minimum absolute atomic E-state index is 0. The molecule has 0 aromatic heterocycles. The van der Waals surface area contributed by atoms with Gasteiger partial charge in [0.05, 0.1) is 72.4 Å². The molecule has 0 bridgehead atoms. The largest absolute Gasteiger partial charge is 0.465 e. The van der Waals surface area contributed by atoms with E-state index in [0.717, 1.165) is 0 Å². The molecule has 1 N–H and O–H groups in total. The van der Waals surface area contributed by atoms with E-state index in [9.17, 15) is 9.90 Å². The molecule has 254 valence electrons. The van der Waals surface area contributed by atoms with Crippen LogP contribution >= 0.6 is 0 Å². The van der Waals surface area contributed by atoms with Crippen LogP contribution in [0.25, 0.3) is 0 Å². The molecule has 2 aromatic carbocycles. The summed E-state index contributed by atoms with van der Waals surface area (Å²) >= 11 is 0.